The van der Waals surface area contributed by atoms with Crippen molar-refractivity contribution in [2.45, 2.75) is 20.8 Å². The van der Waals surface area contributed by atoms with Gasteiger partial charge in [0.05, 0.1) is 5.56 Å². The fourth-order valence-electron chi connectivity index (χ4n) is 2.47. The second-order valence-electron chi connectivity index (χ2n) is 5.59. The molecule has 1 heterocycles. The van der Waals surface area contributed by atoms with Crippen molar-refractivity contribution < 1.29 is 4.79 Å². The average molecular weight is 339 g/mol. The van der Waals surface area contributed by atoms with Crippen molar-refractivity contribution in [3.63, 3.8) is 0 Å². The summed E-state index contributed by atoms with van der Waals surface area (Å²) >= 11 is 0. The molecule has 0 aliphatic heterocycles. The third-order valence-electron chi connectivity index (χ3n) is 3.91. The number of anilines is 3. The van der Waals surface area contributed by atoms with Crippen LogP contribution in [-0.2, 0) is 0 Å². The standard InChI is InChI=1S/C19H25N5O/c1-5-10-20-18(25)15-12-21-19(22-13-15)23-17-9-8-16(11-14(17)4)24(6-2)7-3/h5,8-9,11-13H,1,6-7,10H2,2-4H3,(H,20,25)(H,21,22,23). The molecule has 0 atom stereocenters. The van der Waals surface area contributed by atoms with E-state index >= 15 is 0 Å². The largest absolute Gasteiger partial charge is 0.372 e. The molecule has 0 radical (unpaired) electrons. The Labute approximate surface area is 149 Å². The maximum Gasteiger partial charge on any atom is 0.254 e. The van der Waals surface area contributed by atoms with Gasteiger partial charge in [-0.2, -0.15) is 0 Å². The zero-order valence-electron chi connectivity index (χ0n) is 15.0. The molecule has 0 aliphatic carbocycles. The lowest BCUT2D eigenvalue weighted by molar-refractivity contribution is 0.0957. The van der Waals surface area contributed by atoms with Crippen molar-refractivity contribution >= 4 is 23.2 Å². The van der Waals surface area contributed by atoms with Crippen molar-refractivity contribution in [2.24, 2.45) is 0 Å². The van der Waals surface area contributed by atoms with Crippen molar-refractivity contribution in [1.82, 2.24) is 15.3 Å². The number of carbonyl (C=O) groups excluding carboxylic acids is 1. The van der Waals surface area contributed by atoms with Gasteiger partial charge in [0.2, 0.25) is 5.95 Å². The first-order valence-corrected chi connectivity index (χ1v) is 8.42. The van der Waals surface area contributed by atoms with Gasteiger partial charge in [0.1, 0.15) is 0 Å². The molecule has 0 unspecified atom stereocenters. The molecule has 1 amide bonds. The van der Waals surface area contributed by atoms with Gasteiger partial charge < -0.3 is 15.5 Å². The summed E-state index contributed by atoms with van der Waals surface area (Å²) in [5.41, 5.74) is 3.67. The number of hydrogen-bond donors (Lipinski definition) is 2. The van der Waals surface area contributed by atoms with E-state index in [-0.39, 0.29) is 5.91 Å². The van der Waals surface area contributed by atoms with Gasteiger partial charge in [-0.15, -0.1) is 6.58 Å². The van der Waals surface area contributed by atoms with Gasteiger partial charge in [-0.3, -0.25) is 4.79 Å². The SMILES string of the molecule is C=CCNC(=O)c1cnc(Nc2ccc(N(CC)CC)cc2C)nc1. The van der Waals surface area contributed by atoms with Crippen LogP contribution < -0.4 is 15.5 Å². The number of benzene rings is 1. The molecule has 25 heavy (non-hydrogen) atoms. The van der Waals surface area contributed by atoms with E-state index in [1.807, 2.05) is 13.0 Å². The fourth-order valence-corrected chi connectivity index (χ4v) is 2.47. The molecule has 0 saturated carbocycles. The highest BCUT2D eigenvalue weighted by molar-refractivity contribution is 5.93. The number of amides is 1. The molecule has 6 nitrogen and oxygen atoms in total. The summed E-state index contributed by atoms with van der Waals surface area (Å²) in [7, 11) is 0. The predicted octanol–water partition coefficient (Wildman–Crippen LogP) is 3.29. The normalized spacial score (nSPS) is 10.2. The van der Waals surface area contributed by atoms with Crippen LogP contribution in [0.4, 0.5) is 17.3 Å². The highest BCUT2D eigenvalue weighted by Crippen LogP contribution is 2.24. The Hall–Kier alpha value is -2.89. The topological polar surface area (TPSA) is 70.2 Å². The molecule has 0 saturated heterocycles. The van der Waals surface area contributed by atoms with Crippen LogP contribution in [0.1, 0.15) is 29.8 Å². The number of nitrogens with zero attached hydrogens (tertiary/aromatic N) is 3. The minimum Gasteiger partial charge on any atom is -0.372 e. The average Bonchev–Trinajstić information content (AvgIpc) is 2.63. The summed E-state index contributed by atoms with van der Waals surface area (Å²) in [6, 6.07) is 6.25. The van der Waals surface area contributed by atoms with Crippen molar-refractivity contribution in [1.29, 1.82) is 0 Å². The van der Waals surface area contributed by atoms with Crippen molar-refractivity contribution in [3.05, 3.63) is 54.4 Å². The third kappa shape index (κ3) is 4.79. The summed E-state index contributed by atoms with van der Waals surface area (Å²) in [5.74, 6) is 0.241. The summed E-state index contributed by atoms with van der Waals surface area (Å²) in [6.45, 7) is 12.3. The summed E-state index contributed by atoms with van der Waals surface area (Å²) in [6.07, 6.45) is 4.64. The smallest absolute Gasteiger partial charge is 0.254 e. The van der Waals surface area contributed by atoms with E-state index in [4.69, 9.17) is 0 Å². The van der Waals surface area contributed by atoms with Crippen LogP contribution in [0.25, 0.3) is 0 Å². The molecule has 0 aliphatic rings. The van der Waals surface area contributed by atoms with Gasteiger partial charge in [-0.1, -0.05) is 6.08 Å². The number of aryl methyl sites for hydroxylation is 1. The second kappa shape index (κ2) is 8.82. The van der Waals surface area contributed by atoms with Gasteiger partial charge >= 0.3 is 0 Å². The maximum absolute atomic E-state index is 11.8. The van der Waals surface area contributed by atoms with Crippen LogP contribution in [-0.4, -0.2) is 35.5 Å². The van der Waals surface area contributed by atoms with Gasteiger partial charge in [0.15, 0.2) is 0 Å². The minimum absolute atomic E-state index is 0.216. The lowest BCUT2D eigenvalue weighted by Gasteiger charge is -2.22. The van der Waals surface area contributed by atoms with Gasteiger partial charge in [0.25, 0.3) is 5.91 Å². The molecule has 0 spiro atoms. The number of hydrogen-bond acceptors (Lipinski definition) is 5. The summed E-state index contributed by atoms with van der Waals surface area (Å²) in [4.78, 5) is 22.5. The van der Waals surface area contributed by atoms with E-state index in [1.165, 1.54) is 18.1 Å². The van der Waals surface area contributed by atoms with E-state index in [2.05, 4.69) is 58.1 Å². The van der Waals surface area contributed by atoms with Crippen molar-refractivity contribution in [3.8, 4) is 0 Å². The summed E-state index contributed by atoms with van der Waals surface area (Å²) < 4.78 is 0. The minimum atomic E-state index is -0.216. The maximum atomic E-state index is 11.8. The third-order valence-corrected chi connectivity index (χ3v) is 3.91. The van der Waals surface area contributed by atoms with E-state index < -0.39 is 0 Å². The Morgan fingerprint density at radius 1 is 1.24 bits per heavy atom. The van der Waals surface area contributed by atoms with E-state index in [0.29, 0.717) is 18.1 Å². The van der Waals surface area contributed by atoms with Crippen LogP contribution in [0.15, 0.2) is 43.2 Å². The molecule has 2 aromatic rings. The van der Waals surface area contributed by atoms with Gasteiger partial charge in [-0.25, -0.2) is 9.97 Å². The molecule has 0 fully saturated rings. The molecule has 1 aromatic heterocycles. The lowest BCUT2D eigenvalue weighted by atomic mass is 10.1. The Bertz CT molecular complexity index is 723. The van der Waals surface area contributed by atoms with Crippen LogP contribution in [0.2, 0.25) is 0 Å². The molecule has 6 heteroatoms. The quantitative estimate of drug-likeness (QED) is 0.722. The van der Waals surface area contributed by atoms with Gasteiger partial charge in [-0.05, 0) is 44.5 Å². The molecule has 132 valence electrons. The Kier molecular flexibility index (Phi) is 6.51. The Balaban J connectivity index is 2.09. The van der Waals surface area contributed by atoms with Crippen LogP contribution >= 0.6 is 0 Å². The molecular weight excluding hydrogens is 314 g/mol. The van der Waals surface area contributed by atoms with E-state index in [0.717, 1.165) is 24.3 Å². The zero-order valence-corrected chi connectivity index (χ0v) is 15.0. The Morgan fingerprint density at radius 2 is 1.92 bits per heavy atom. The summed E-state index contributed by atoms with van der Waals surface area (Å²) in [5, 5.41) is 5.89. The molecule has 2 rings (SSSR count). The molecule has 1 aromatic carbocycles. The lowest BCUT2D eigenvalue weighted by Crippen LogP contribution is -2.23. The monoisotopic (exact) mass is 339 g/mol. The zero-order chi connectivity index (χ0) is 18.2. The first kappa shape index (κ1) is 18.4. The Morgan fingerprint density at radius 3 is 2.48 bits per heavy atom. The highest BCUT2D eigenvalue weighted by atomic mass is 16.1. The molecular formula is C19H25N5O. The highest BCUT2D eigenvalue weighted by Gasteiger charge is 2.08. The van der Waals surface area contributed by atoms with E-state index in [1.54, 1.807) is 6.08 Å². The predicted molar refractivity (Wildman–Crippen MR) is 103 cm³/mol. The van der Waals surface area contributed by atoms with Crippen LogP contribution in [0, 0.1) is 6.92 Å². The molecule has 0 bridgehead atoms. The number of aromatic nitrogens is 2. The van der Waals surface area contributed by atoms with Crippen molar-refractivity contribution in [2.75, 3.05) is 29.9 Å². The van der Waals surface area contributed by atoms with Crippen LogP contribution in [0.5, 0.6) is 0 Å². The second-order valence-corrected chi connectivity index (χ2v) is 5.59. The molecule has 2 N–H and O–H groups in total. The fraction of sp³-hybridized carbons (Fsp3) is 0.316. The number of carbonyl (C=O) groups is 1. The number of nitrogens with one attached hydrogen (secondary N) is 2. The first-order valence-electron chi connectivity index (χ1n) is 8.42. The van der Waals surface area contributed by atoms with Gasteiger partial charge in [0, 0.05) is 43.4 Å². The van der Waals surface area contributed by atoms with E-state index in [9.17, 15) is 4.79 Å². The first-order chi connectivity index (χ1) is 12.1. The van der Waals surface area contributed by atoms with Crippen LogP contribution in [0.3, 0.4) is 0 Å². The number of rotatable bonds is 8.